The van der Waals surface area contributed by atoms with Crippen LogP contribution in [0.4, 0.5) is 5.69 Å². The predicted octanol–water partition coefficient (Wildman–Crippen LogP) is 5.30. The van der Waals surface area contributed by atoms with Gasteiger partial charge < -0.3 is 5.32 Å². The number of halogens is 1. The second-order valence-corrected chi connectivity index (χ2v) is 7.25. The molecule has 0 spiro atoms. The van der Waals surface area contributed by atoms with Crippen LogP contribution in [0.25, 0.3) is 16.6 Å². The van der Waals surface area contributed by atoms with Gasteiger partial charge in [-0.15, -0.1) is 24.2 Å². The van der Waals surface area contributed by atoms with Gasteiger partial charge in [0.25, 0.3) is 0 Å². The van der Waals surface area contributed by atoms with E-state index in [1.54, 1.807) is 11.8 Å². The van der Waals surface area contributed by atoms with Crippen LogP contribution in [0.3, 0.4) is 0 Å². The molecule has 1 aromatic heterocycles. The van der Waals surface area contributed by atoms with Crippen molar-refractivity contribution in [1.82, 2.24) is 9.78 Å². The topological polar surface area (TPSA) is 46.9 Å². The highest BCUT2D eigenvalue weighted by Gasteiger charge is 2.23. The minimum absolute atomic E-state index is 0. The molecule has 1 heterocycles. The van der Waals surface area contributed by atoms with Gasteiger partial charge in [-0.2, -0.15) is 5.10 Å². The lowest BCUT2D eigenvalue weighted by Gasteiger charge is -2.11. The van der Waals surface area contributed by atoms with Gasteiger partial charge in [0.15, 0.2) is 0 Å². The molecule has 4 nitrogen and oxygen atoms in total. The summed E-state index contributed by atoms with van der Waals surface area (Å²) in [5.74, 6) is 0.309. The molecule has 3 aromatic rings. The number of nitrogens with zero attached hydrogens (tertiary/aromatic N) is 2. The first-order chi connectivity index (χ1) is 12.3. The Hall–Kier alpha value is -1.98. The highest BCUT2D eigenvalue weighted by atomic mass is 35.5. The molecule has 1 fully saturated rings. The number of benzene rings is 2. The second-order valence-electron chi connectivity index (χ2n) is 6.46. The summed E-state index contributed by atoms with van der Waals surface area (Å²) >= 11 is 1.63. The number of fused-ring (bicyclic) bond motifs is 1. The normalized spacial score (nSPS) is 14.3. The molecule has 1 amide bonds. The molecule has 0 atom stereocenters. The summed E-state index contributed by atoms with van der Waals surface area (Å²) in [6, 6.07) is 16.2. The Morgan fingerprint density at radius 1 is 1.15 bits per heavy atom. The summed E-state index contributed by atoms with van der Waals surface area (Å²) in [4.78, 5) is 12.4. The van der Waals surface area contributed by atoms with Crippen LogP contribution >= 0.6 is 24.2 Å². The van der Waals surface area contributed by atoms with Crippen molar-refractivity contribution in [3.05, 3.63) is 48.5 Å². The van der Waals surface area contributed by atoms with E-state index in [1.165, 1.54) is 0 Å². The fraction of sp³-hybridized carbons (Fsp3) is 0.300. The number of para-hydroxylation sites is 1. The van der Waals surface area contributed by atoms with E-state index in [2.05, 4.69) is 11.4 Å². The van der Waals surface area contributed by atoms with E-state index in [4.69, 9.17) is 5.10 Å². The molecule has 1 N–H and O–H groups in total. The third kappa shape index (κ3) is 3.60. The molecule has 2 aromatic carbocycles. The Bertz CT molecular complexity index is 904. The number of hydrogen-bond acceptors (Lipinski definition) is 3. The van der Waals surface area contributed by atoms with Crippen molar-refractivity contribution in [3.8, 4) is 5.69 Å². The molecule has 0 bridgehead atoms. The standard InChI is InChI=1S/C20H21N3OS.ClH/c1-25-20-17-12-11-15(21-19(24)14-7-5-6-8-14)13-18(17)23(22-20)16-9-3-2-4-10-16;/h2-4,9-14H,5-8H2,1H3,(H,21,24);1H. The fourth-order valence-corrected chi connectivity index (χ4v) is 4.07. The molecular weight excluding hydrogens is 366 g/mol. The van der Waals surface area contributed by atoms with Crippen LogP contribution in [0, 0.1) is 5.92 Å². The number of hydrogen-bond donors (Lipinski definition) is 1. The third-order valence-corrected chi connectivity index (χ3v) is 5.52. The molecule has 136 valence electrons. The van der Waals surface area contributed by atoms with Gasteiger partial charge in [-0.3, -0.25) is 4.79 Å². The zero-order valence-corrected chi connectivity index (χ0v) is 16.3. The largest absolute Gasteiger partial charge is 0.326 e. The highest BCUT2D eigenvalue weighted by molar-refractivity contribution is 7.98. The lowest BCUT2D eigenvalue weighted by molar-refractivity contribution is -0.119. The van der Waals surface area contributed by atoms with Crippen molar-refractivity contribution in [2.75, 3.05) is 11.6 Å². The minimum atomic E-state index is 0. The van der Waals surface area contributed by atoms with Crippen LogP contribution in [-0.4, -0.2) is 21.9 Å². The molecule has 0 radical (unpaired) electrons. The summed E-state index contributed by atoms with van der Waals surface area (Å²) in [6.07, 6.45) is 6.37. The first-order valence-electron chi connectivity index (χ1n) is 8.69. The number of thioether (sulfide) groups is 1. The predicted molar refractivity (Wildman–Crippen MR) is 111 cm³/mol. The Labute approximate surface area is 163 Å². The Kier molecular flexibility index (Phi) is 5.89. The smallest absolute Gasteiger partial charge is 0.227 e. The van der Waals surface area contributed by atoms with Crippen LogP contribution in [0.1, 0.15) is 25.7 Å². The molecule has 1 aliphatic carbocycles. The maximum Gasteiger partial charge on any atom is 0.227 e. The van der Waals surface area contributed by atoms with Crippen molar-refractivity contribution in [1.29, 1.82) is 0 Å². The van der Waals surface area contributed by atoms with Crippen LogP contribution in [0.15, 0.2) is 53.6 Å². The van der Waals surface area contributed by atoms with Crippen molar-refractivity contribution in [3.63, 3.8) is 0 Å². The van der Waals surface area contributed by atoms with E-state index < -0.39 is 0 Å². The van der Waals surface area contributed by atoms with Crippen LogP contribution < -0.4 is 5.32 Å². The first kappa shape index (κ1) is 18.8. The lowest BCUT2D eigenvalue weighted by Crippen LogP contribution is -2.20. The molecule has 0 aliphatic heterocycles. The Balaban J connectivity index is 0.00000196. The average Bonchev–Trinajstić information content (AvgIpc) is 3.30. The van der Waals surface area contributed by atoms with Gasteiger partial charge in [0.1, 0.15) is 5.03 Å². The third-order valence-electron chi connectivity index (χ3n) is 4.83. The summed E-state index contributed by atoms with van der Waals surface area (Å²) < 4.78 is 1.95. The summed E-state index contributed by atoms with van der Waals surface area (Å²) in [5, 5.41) is 9.94. The summed E-state index contributed by atoms with van der Waals surface area (Å²) in [7, 11) is 0. The Morgan fingerprint density at radius 3 is 2.58 bits per heavy atom. The van der Waals surface area contributed by atoms with Gasteiger partial charge in [-0.1, -0.05) is 31.0 Å². The fourth-order valence-electron chi connectivity index (χ4n) is 3.51. The zero-order valence-electron chi connectivity index (χ0n) is 14.6. The number of anilines is 1. The number of rotatable bonds is 4. The van der Waals surface area contributed by atoms with Gasteiger partial charge in [0, 0.05) is 17.0 Å². The average molecular weight is 388 g/mol. The molecule has 1 saturated carbocycles. The van der Waals surface area contributed by atoms with Crippen LogP contribution in [-0.2, 0) is 4.79 Å². The first-order valence-corrected chi connectivity index (χ1v) is 9.92. The summed E-state index contributed by atoms with van der Waals surface area (Å²) in [6.45, 7) is 0. The molecule has 6 heteroatoms. The monoisotopic (exact) mass is 387 g/mol. The van der Waals surface area contributed by atoms with E-state index in [0.29, 0.717) is 0 Å². The van der Waals surface area contributed by atoms with Crippen LogP contribution in [0.5, 0.6) is 0 Å². The van der Waals surface area contributed by atoms with Gasteiger partial charge in [0.2, 0.25) is 5.91 Å². The molecule has 4 rings (SSSR count). The maximum atomic E-state index is 12.4. The molecule has 0 saturated heterocycles. The molecular formula is C20H22ClN3OS. The van der Waals surface area contributed by atoms with Crippen molar-refractivity contribution in [2.24, 2.45) is 5.92 Å². The SMILES string of the molecule is CSc1nn(-c2ccccc2)c2cc(NC(=O)C3CCCC3)ccc12.Cl. The van der Waals surface area contributed by atoms with Gasteiger partial charge in [0.05, 0.1) is 11.2 Å². The van der Waals surface area contributed by atoms with Gasteiger partial charge in [-0.05, 0) is 49.4 Å². The molecule has 1 aliphatic rings. The van der Waals surface area contributed by atoms with Crippen molar-refractivity contribution < 1.29 is 4.79 Å². The highest BCUT2D eigenvalue weighted by Crippen LogP contribution is 2.31. The quantitative estimate of drug-likeness (QED) is 0.618. The number of aromatic nitrogens is 2. The van der Waals surface area contributed by atoms with E-state index in [0.717, 1.165) is 53.0 Å². The Morgan fingerprint density at radius 2 is 1.88 bits per heavy atom. The van der Waals surface area contributed by atoms with E-state index in [1.807, 2.05) is 53.4 Å². The summed E-state index contributed by atoms with van der Waals surface area (Å²) in [5.41, 5.74) is 2.88. The molecule has 0 unspecified atom stereocenters. The maximum absolute atomic E-state index is 12.4. The molecule has 26 heavy (non-hydrogen) atoms. The lowest BCUT2D eigenvalue weighted by atomic mass is 10.1. The minimum Gasteiger partial charge on any atom is -0.326 e. The zero-order chi connectivity index (χ0) is 17.2. The number of amides is 1. The van der Waals surface area contributed by atoms with Gasteiger partial charge in [-0.25, -0.2) is 4.68 Å². The van der Waals surface area contributed by atoms with Crippen molar-refractivity contribution >= 4 is 46.7 Å². The van der Waals surface area contributed by atoms with Gasteiger partial charge >= 0.3 is 0 Å². The number of carbonyl (C=O) groups excluding carboxylic acids is 1. The van der Waals surface area contributed by atoms with Crippen LogP contribution in [0.2, 0.25) is 0 Å². The van der Waals surface area contributed by atoms with E-state index in [-0.39, 0.29) is 24.2 Å². The van der Waals surface area contributed by atoms with Crippen molar-refractivity contribution in [2.45, 2.75) is 30.7 Å². The number of carbonyl (C=O) groups is 1. The van der Waals surface area contributed by atoms with E-state index in [9.17, 15) is 4.79 Å². The second kappa shape index (κ2) is 8.14. The van der Waals surface area contributed by atoms with E-state index >= 15 is 0 Å². The number of nitrogens with one attached hydrogen (secondary N) is 1.